The van der Waals surface area contributed by atoms with Crippen molar-refractivity contribution in [3.63, 3.8) is 0 Å². The van der Waals surface area contributed by atoms with E-state index in [0.29, 0.717) is 5.56 Å². The SMILES string of the molecule is C=CCOc1ccc(-c2ccc(-c3ccc(/C=C/CCCC(C)O)cc3)cc2)c(F)c1F. The molecule has 0 aliphatic heterocycles. The first-order valence-corrected chi connectivity index (χ1v) is 10.8. The number of ether oxygens (including phenoxy) is 1. The fourth-order valence-electron chi connectivity index (χ4n) is 3.39. The van der Waals surface area contributed by atoms with Gasteiger partial charge in [0.2, 0.25) is 5.82 Å². The molecule has 4 heteroatoms. The molecular weight excluding hydrogens is 406 g/mol. The Morgan fingerprint density at radius 1 is 0.906 bits per heavy atom. The second-order valence-corrected chi connectivity index (χ2v) is 7.72. The summed E-state index contributed by atoms with van der Waals surface area (Å²) in [5.74, 6) is -2.05. The van der Waals surface area contributed by atoms with Gasteiger partial charge in [0.1, 0.15) is 6.61 Å². The highest BCUT2D eigenvalue weighted by molar-refractivity contribution is 5.72. The van der Waals surface area contributed by atoms with Gasteiger partial charge < -0.3 is 9.84 Å². The number of hydrogen-bond acceptors (Lipinski definition) is 2. The first-order chi connectivity index (χ1) is 15.5. The molecule has 1 unspecified atom stereocenters. The first-order valence-electron chi connectivity index (χ1n) is 10.8. The van der Waals surface area contributed by atoms with Crippen LogP contribution in [0.4, 0.5) is 8.78 Å². The van der Waals surface area contributed by atoms with Gasteiger partial charge in [-0.25, -0.2) is 4.39 Å². The van der Waals surface area contributed by atoms with Gasteiger partial charge in [-0.05, 0) is 60.6 Å². The monoisotopic (exact) mass is 434 g/mol. The molecule has 32 heavy (non-hydrogen) atoms. The van der Waals surface area contributed by atoms with Gasteiger partial charge in [-0.3, -0.25) is 0 Å². The molecule has 0 aliphatic rings. The third-order valence-corrected chi connectivity index (χ3v) is 5.15. The van der Waals surface area contributed by atoms with Crippen molar-refractivity contribution in [1.82, 2.24) is 0 Å². The maximum Gasteiger partial charge on any atom is 0.201 e. The van der Waals surface area contributed by atoms with Crippen molar-refractivity contribution in [2.45, 2.75) is 32.3 Å². The van der Waals surface area contributed by atoms with E-state index in [2.05, 4.69) is 18.7 Å². The Morgan fingerprint density at radius 3 is 2.16 bits per heavy atom. The molecule has 0 amide bonds. The molecule has 0 spiro atoms. The largest absolute Gasteiger partial charge is 0.486 e. The third kappa shape index (κ3) is 6.14. The average molecular weight is 435 g/mol. The van der Waals surface area contributed by atoms with E-state index in [4.69, 9.17) is 4.74 Å². The van der Waals surface area contributed by atoms with Gasteiger partial charge in [-0.1, -0.05) is 73.3 Å². The Labute approximate surface area is 188 Å². The summed E-state index contributed by atoms with van der Waals surface area (Å²) in [7, 11) is 0. The zero-order valence-electron chi connectivity index (χ0n) is 18.2. The van der Waals surface area contributed by atoms with Crippen LogP contribution in [0.5, 0.6) is 5.75 Å². The summed E-state index contributed by atoms with van der Waals surface area (Å²) in [6.07, 6.45) is 8.14. The molecule has 0 saturated carbocycles. The first kappa shape index (κ1) is 23.4. The van der Waals surface area contributed by atoms with E-state index < -0.39 is 11.6 Å². The summed E-state index contributed by atoms with van der Waals surface area (Å²) in [6, 6.07) is 18.5. The highest BCUT2D eigenvalue weighted by Gasteiger charge is 2.15. The summed E-state index contributed by atoms with van der Waals surface area (Å²) in [6.45, 7) is 5.42. The molecule has 2 nitrogen and oxygen atoms in total. The van der Waals surface area contributed by atoms with Crippen LogP contribution in [0.25, 0.3) is 28.3 Å². The van der Waals surface area contributed by atoms with Crippen molar-refractivity contribution in [1.29, 1.82) is 0 Å². The second kappa shape index (κ2) is 11.4. The Kier molecular flexibility index (Phi) is 8.34. The molecule has 0 aliphatic carbocycles. The van der Waals surface area contributed by atoms with E-state index in [1.54, 1.807) is 19.1 Å². The van der Waals surface area contributed by atoms with Crippen LogP contribution in [-0.4, -0.2) is 17.8 Å². The second-order valence-electron chi connectivity index (χ2n) is 7.72. The van der Waals surface area contributed by atoms with E-state index in [9.17, 15) is 13.9 Å². The smallest absolute Gasteiger partial charge is 0.201 e. The standard InChI is InChI=1S/C28H28F2O2/c1-3-19-32-26-18-17-25(27(29)28(26)30)24-15-13-23(14-16-24)22-11-9-21(10-12-22)8-6-4-5-7-20(2)31/h3,6,8-18,20,31H,1,4-5,7,19H2,2H3/b8-6+. The number of halogens is 2. The fourth-order valence-corrected chi connectivity index (χ4v) is 3.39. The zero-order valence-corrected chi connectivity index (χ0v) is 18.2. The summed E-state index contributed by atoms with van der Waals surface area (Å²) < 4.78 is 33.9. The normalized spacial score (nSPS) is 12.1. The molecule has 0 aromatic heterocycles. The predicted octanol–water partition coefficient (Wildman–Crippen LogP) is 7.43. The molecule has 0 bridgehead atoms. The molecule has 0 heterocycles. The van der Waals surface area contributed by atoms with Gasteiger partial charge in [0, 0.05) is 5.56 Å². The zero-order chi connectivity index (χ0) is 22.9. The lowest BCUT2D eigenvalue weighted by molar-refractivity contribution is 0.182. The van der Waals surface area contributed by atoms with Gasteiger partial charge in [0.25, 0.3) is 0 Å². The number of allylic oxidation sites excluding steroid dienone is 1. The Hall–Kier alpha value is -3.24. The number of benzene rings is 3. The minimum atomic E-state index is -0.997. The van der Waals surface area contributed by atoms with Crippen molar-refractivity contribution < 1.29 is 18.6 Å². The van der Waals surface area contributed by atoms with Crippen molar-refractivity contribution in [2.75, 3.05) is 6.61 Å². The Balaban J connectivity index is 1.69. The van der Waals surface area contributed by atoms with Gasteiger partial charge in [-0.2, -0.15) is 4.39 Å². The molecule has 0 saturated heterocycles. The van der Waals surface area contributed by atoms with E-state index >= 15 is 0 Å². The average Bonchev–Trinajstić information content (AvgIpc) is 2.80. The summed E-state index contributed by atoms with van der Waals surface area (Å²) in [5, 5.41) is 9.29. The van der Waals surface area contributed by atoms with Crippen LogP contribution in [0.1, 0.15) is 31.7 Å². The van der Waals surface area contributed by atoms with Crippen LogP contribution in [0, 0.1) is 11.6 Å². The van der Waals surface area contributed by atoms with Crippen molar-refractivity contribution >= 4 is 6.08 Å². The maximum absolute atomic E-state index is 14.5. The van der Waals surface area contributed by atoms with Crippen LogP contribution in [0.3, 0.4) is 0 Å². The third-order valence-electron chi connectivity index (χ3n) is 5.15. The molecule has 1 N–H and O–H groups in total. The number of aliphatic hydroxyl groups is 1. The molecule has 3 aromatic rings. The number of rotatable bonds is 10. The van der Waals surface area contributed by atoms with Crippen molar-refractivity contribution in [2.24, 2.45) is 0 Å². The van der Waals surface area contributed by atoms with Crippen molar-refractivity contribution in [3.8, 4) is 28.0 Å². The lowest BCUT2D eigenvalue weighted by Crippen LogP contribution is -1.99. The van der Waals surface area contributed by atoms with E-state index in [-0.39, 0.29) is 24.0 Å². The molecule has 166 valence electrons. The van der Waals surface area contributed by atoms with Crippen LogP contribution in [0.15, 0.2) is 79.4 Å². The topological polar surface area (TPSA) is 29.5 Å². The van der Waals surface area contributed by atoms with Gasteiger partial charge in [-0.15, -0.1) is 0 Å². The number of hydrogen-bond donors (Lipinski definition) is 1. The molecule has 3 rings (SSSR count). The van der Waals surface area contributed by atoms with E-state index in [1.807, 2.05) is 36.4 Å². The lowest BCUT2D eigenvalue weighted by atomic mass is 9.99. The van der Waals surface area contributed by atoms with E-state index in [1.165, 1.54) is 18.2 Å². The minimum absolute atomic E-state index is 0.113. The van der Waals surface area contributed by atoms with Gasteiger partial charge in [0.05, 0.1) is 6.10 Å². The van der Waals surface area contributed by atoms with Crippen LogP contribution in [-0.2, 0) is 0 Å². The molecule has 1 atom stereocenters. The molecule has 0 radical (unpaired) electrons. The molecule has 0 fully saturated rings. The summed E-state index contributed by atoms with van der Waals surface area (Å²) in [5.41, 5.74) is 3.93. The summed E-state index contributed by atoms with van der Waals surface area (Å²) >= 11 is 0. The van der Waals surface area contributed by atoms with Crippen LogP contribution in [0.2, 0.25) is 0 Å². The number of aliphatic hydroxyl groups excluding tert-OH is 1. The molecular formula is C28H28F2O2. The molecule has 3 aromatic carbocycles. The predicted molar refractivity (Wildman–Crippen MR) is 127 cm³/mol. The lowest BCUT2D eigenvalue weighted by Gasteiger charge is -2.10. The Morgan fingerprint density at radius 2 is 1.53 bits per heavy atom. The highest BCUT2D eigenvalue weighted by atomic mass is 19.2. The van der Waals surface area contributed by atoms with Crippen molar-refractivity contribution in [3.05, 3.63) is 96.6 Å². The summed E-state index contributed by atoms with van der Waals surface area (Å²) in [4.78, 5) is 0. The van der Waals surface area contributed by atoms with Gasteiger partial charge >= 0.3 is 0 Å². The van der Waals surface area contributed by atoms with Gasteiger partial charge in [0.15, 0.2) is 11.6 Å². The van der Waals surface area contributed by atoms with E-state index in [0.717, 1.165) is 36.0 Å². The highest BCUT2D eigenvalue weighted by Crippen LogP contribution is 2.31. The minimum Gasteiger partial charge on any atom is -0.486 e. The quantitative estimate of drug-likeness (QED) is 0.266. The van der Waals surface area contributed by atoms with Crippen LogP contribution < -0.4 is 4.74 Å². The van der Waals surface area contributed by atoms with Crippen LogP contribution >= 0.6 is 0 Å². The Bertz CT molecular complexity index is 1050. The fraction of sp³-hybridized carbons (Fsp3) is 0.214. The number of unbranched alkanes of at least 4 members (excludes halogenated alkanes) is 1. The maximum atomic E-state index is 14.5.